The quantitative estimate of drug-likeness (QED) is 0.729. The van der Waals surface area contributed by atoms with E-state index < -0.39 is 0 Å². The molecule has 88 valence electrons. The summed E-state index contributed by atoms with van der Waals surface area (Å²) in [6, 6.07) is 0.360. The van der Waals surface area contributed by atoms with Crippen molar-refractivity contribution in [2.24, 2.45) is 0 Å². The van der Waals surface area contributed by atoms with Crippen LogP contribution in [0, 0.1) is 0 Å². The lowest BCUT2D eigenvalue weighted by Crippen LogP contribution is -2.42. The van der Waals surface area contributed by atoms with Gasteiger partial charge in [-0.2, -0.15) is 0 Å². The van der Waals surface area contributed by atoms with E-state index in [0.29, 0.717) is 6.04 Å². The lowest BCUT2D eigenvalue weighted by molar-refractivity contribution is -0.138. The zero-order chi connectivity index (χ0) is 11.3. The van der Waals surface area contributed by atoms with Gasteiger partial charge < -0.3 is 15.0 Å². The Hall–Kier alpha value is -0.610. The predicted molar refractivity (Wildman–Crippen MR) is 59.7 cm³/mol. The molecule has 4 nitrogen and oxygen atoms in total. The molecule has 0 radical (unpaired) electrons. The molecule has 0 saturated carbocycles. The first-order chi connectivity index (χ1) is 7.15. The van der Waals surface area contributed by atoms with Crippen LogP contribution in [0.15, 0.2) is 0 Å². The Kier molecular flexibility index (Phi) is 5.05. The van der Waals surface area contributed by atoms with Gasteiger partial charge in [-0.05, 0) is 33.7 Å². The van der Waals surface area contributed by atoms with Crippen LogP contribution < -0.4 is 5.32 Å². The van der Waals surface area contributed by atoms with Crippen LogP contribution in [0.25, 0.3) is 0 Å². The summed E-state index contributed by atoms with van der Waals surface area (Å²) in [6.07, 6.45) is 2.34. The average Bonchev–Trinajstić information content (AvgIpc) is 2.63. The number of rotatable bonds is 5. The van der Waals surface area contributed by atoms with E-state index in [0.717, 1.165) is 25.9 Å². The van der Waals surface area contributed by atoms with Gasteiger partial charge in [0, 0.05) is 19.1 Å². The molecule has 0 aromatic carbocycles. The van der Waals surface area contributed by atoms with E-state index in [2.05, 4.69) is 5.32 Å². The molecule has 1 heterocycles. The third-order valence-electron chi connectivity index (χ3n) is 2.68. The monoisotopic (exact) mass is 214 g/mol. The molecule has 1 aliphatic heterocycles. The van der Waals surface area contributed by atoms with E-state index in [1.807, 2.05) is 25.8 Å². The summed E-state index contributed by atoms with van der Waals surface area (Å²) < 4.78 is 5.33. The second-order valence-electron chi connectivity index (χ2n) is 4.30. The Morgan fingerprint density at radius 2 is 2.33 bits per heavy atom. The van der Waals surface area contributed by atoms with Crippen LogP contribution in [0.4, 0.5) is 0 Å². The van der Waals surface area contributed by atoms with Gasteiger partial charge in [0.2, 0.25) is 5.91 Å². The van der Waals surface area contributed by atoms with Crippen molar-refractivity contribution in [2.45, 2.75) is 38.8 Å². The van der Waals surface area contributed by atoms with Crippen molar-refractivity contribution in [3.8, 4) is 0 Å². The third kappa shape index (κ3) is 3.80. The normalized spacial score (nSPS) is 21.3. The van der Waals surface area contributed by atoms with Crippen molar-refractivity contribution in [3.63, 3.8) is 0 Å². The SMILES string of the molecule is CNCC1CCCN1C(=O)COC(C)C. The number of nitrogens with zero attached hydrogens (tertiary/aromatic N) is 1. The topological polar surface area (TPSA) is 41.6 Å². The van der Waals surface area contributed by atoms with E-state index in [1.54, 1.807) is 0 Å². The van der Waals surface area contributed by atoms with Crippen LogP contribution in [0.1, 0.15) is 26.7 Å². The highest BCUT2D eigenvalue weighted by Crippen LogP contribution is 2.16. The second-order valence-corrected chi connectivity index (χ2v) is 4.30. The maximum atomic E-state index is 11.8. The van der Waals surface area contributed by atoms with Gasteiger partial charge >= 0.3 is 0 Å². The fraction of sp³-hybridized carbons (Fsp3) is 0.909. The lowest BCUT2D eigenvalue weighted by atomic mass is 10.2. The van der Waals surface area contributed by atoms with Crippen LogP contribution in [-0.4, -0.2) is 49.7 Å². The molecular formula is C11H22N2O2. The highest BCUT2D eigenvalue weighted by Gasteiger charge is 2.27. The maximum Gasteiger partial charge on any atom is 0.248 e. The molecule has 1 N–H and O–H groups in total. The highest BCUT2D eigenvalue weighted by atomic mass is 16.5. The maximum absolute atomic E-state index is 11.8. The summed E-state index contributed by atoms with van der Waals surface area (Å²) in [5.41, 5.74) is 0. The van der Waals surface area contributed by atoms with Gasteiger partial charge in [-0.1, -0.05) is 0 Å². The summed E-state index contributed by atoms with van der Waals surface area (Å²) in [5.74, 6) is 0.126. The first-order valence-electron chi connectivity index (χ1n) is 5.70. The number of likely N-dealkylation sites (N-methyl/N-ethyl adjacent to an activating group) is 1. The molecule has 0 spiro atoms. The molecule has 1 fully saturated rings. The number of hydrogen-bond acceptors (Lipinski definition) is 3. The van der Waals surface area contributed by atoms with Gasteiger partial charge in [0.1, 0.15) is 6.61 Å². The molecule has 0 aliphatic carbocycles. The van der Waals surface area contributed by atoms with Crippen molar-refractivity contribution in [1.29, 1.82) is 0 Å². The number of carbonyl (C=O) groups is 1. The fourth-order valence-electron chi connectivity index (χ4n) is 1.93. The number of hydrogen-bond donors (Lipinski definition) is 1. The standard InChI is InChI=1S/C11H22N2O2/c1-9(2)15-8-11(14)13-6-4-5-10(13)7-12-3/h9-10,12H,4-8H2,1-3H3. The minimum Gasteiger partial charge on any atom is -0.369 e. The summed E-state index contributed by atoms with van der Waals surface area (Å²) in [6.45, 7) is 5.88. The molecule has 1 unspecified atom stereocenters. The van der Waals surface area contributed by atoms with Gasteiger partial charge in [-0.3, -0.25) is 4.79 Å². The first kappa shape index (κ1) is 12.5. The molecule has 1 saturated heterocycles. The zero-order valence-electron chi connectivity index (χ0n) is 9.95. The summed E-state index contributed by atoms with van der Waals surface area (Å²) >= 11 is 0. The molecule has 15 heavy (non-hydrogen) atoms. The minimum absolute atomic E-state index is 0.124. The third-order valence-corrected chi connectivity index (χ3v) is 2.68. The molecule has 1 amide bonds. The summed E-state index contributed by atoms with van der Waals surface area (Å²) in [4.78, 5) is 13.8. The van der Waals surface area contributed by atoms with E-state index in [1.165, 1.54) is 0 Å². The first-order valence-corrected chi connectivity index (χ1v) is 5.70. The minimum atomic E-state index is 0.124. The molecule has 0 aromatic rings. The second kappa shape index (κ2) is 6.08. The van der Waals surface area contributed by atoms with Crippen molar-refractivity contribution >= 4 is 5.91 Å². The number of ether oxygens (including phenoxy) is 1. The van der Waals surface area contributed by atoms with Gasteiger partial charge in [-0.25, -0.2) is 0 Å². The molecule has 1 rings (SSSR count). The predicted octanol–water partition coefficient (Wildman–Crippen LogP) is 0.622. The highest BCUT2D eigenvalue weighted by molar-refractivity contribution is 5.78. The largest absolute Gasteiger partial charge is 0.369 e. The van der Waals surface area contributed by atoms with Crippen LogP contribution in [0.5, 0.6) is 0 Å². The van der Waals surface area contributed by atoms with Crippen LogP contribution >= 0.6 is 0 Å². The van der Waals surface area contributed by atoms with Crippen molar-refractivity contribution in [2.75, 3.05) is 26.7 Å². The fourth-order valence-corrected chi connectivity index (χ4v) is 1.93. The molecule has 1 atom stereocenters. The van der Waals surface area contributed by atoms with Gasteiger partial charge in [0.05, 0.1) is 6.10 Å². The molecule has 4 heteroatoms. The van der Waals surface area contributed by atoms with E-state index in [-0.39, 0.29) is 18.6 Å². The Morgan fingerprint density at radius 3 is 2.93 bits per heavy atom. The molecule has 0 bridgehead atoms. The van der Waals surface area contributed by atoms with Gasteiger partial charge in [-0.15, -0.1) is 0 Å². The number of likely N-dealkylation sites (tertiary alicyclic amines) is 1. The molecule has 1 aliphatic rings. The van der Waals surface area contributed by atoms with Gasteiger partial charge in [0.15, 0.2) is 0 Å². The van der Waals surface area contributed by atoms with Crippen LogP contribution in [0.3, 0.4) is 0 Å². The summed E-state index contributed by atoms with van der Waals surface area (Å²) in [5, 5.41) is 3.12. The van der Waals surface area contributed by atoms with E-state index in [4.69, 9.17) is 4.74 Å². The van der Waals surface area contributed by atoms with Crippen LogP contribution in [-0.2, 0) is 9.53 Å². The average molecular weight is 214 g/mol. The van der Waals surface area contributed by atoms with E-state index in [9.17, 15) is 4.79 Å². The number of carbonyl (C=O) groups excluding carboxylic acids is 1. The van der Waals surface area contributed by atoms with E-state index >= 15 is 0 Å². The number of amides is 1. The smallest absolute Gasteiger partial charge is 0.248 e. The Bertz CT molecular complexity index is 207. The summed E-state index contributed by atoms with van der Waals surface area (Å²) in [7, 11) is 1.92. The van der Waals surface area contributed by atoms with Crippen molar-refractivity contribution < 1.29 is 9.53 Å². The van der Waals surface area contributed by atoms with Crippen molar-refractivity contribution in [3.05, 3.63) is 0 Å². The zero-order valence-corrected chi connectivity index (χ0v) is 9.95. The molecule has 0 aromatic heterocycles. The number of nitrogens with one attached hydrogen (secondary N) is 1. The molecular weight excluding hydrogens is 192 g/mol. The Morgan fingerprint density at radius 1 is 1.60 bits per heavy atom. The van der Waals surface area contributed by atoms with Gasteiger partial charge in [0.25, 0.3) is 0 Å². The van der Waals surface area contributed by atoms with Crippen molar-refractivity contribution in [1.82, 2.24) is 10.2 Å². The lowest BCUT2D eigenvalue weighted by Gasteiger charge is -2.24. The Balaban J connectivity index is 2.36. The van der Waals surface area contributed by atoms with Crippen LogP contribution in [0.2, 0.25) is 0 Å². The Labute approximate surface area is 92.0 Å².